The van der Waals surface area contributed by atoms with E-state index in [0.717, 1.165) is 11.6 Å². The third-order valence-corrected chi connectivity index (χ3v) is 5.49. The molecule has 0 saturated carbocycles. The molecule has 2 amide bonds. The minimum absolute atomic E-state index is 0.194. The van der Waals surface area contributed by atoms with E-state index in [4.69, 9.17) is 9.47 Å². The summed E-state index contributed by atoms with van der Waals surface area (Å²) < 4.78 is 51.7. The Kier molecular flexibility index (Phi) is 8.04. The first-order valence-corrected chi connectivity index (χ1v) is 10.6. The third-order valence-electron chi connectivity index (χ3n) is 5.49. The lowest BCUT2D eigenvalue weighted by molar-refractivity contribution is -0.136. The maximum atomic E-state index is 13.7. The van der Waals surface area contributed by atoms with E-state index in [-0.39, 0.29) is 18.3 Å². The van der Waals surface area contributed by atoms with Crippen molar-refractivity contribution < 1.29 is 27.4 Å². The normalized spacial score (nSPS) is 15.3. The number of halogens is 3. The Morgan fingerprint density at radius 3 is 2.55 bits per heavy atom. The topological polar surface area (TPSA) is 66.1 Å². The molecule has 1 atom stereocenters. The molecule has 0 aromatic heterocycles. The van der Waals surface area contributed by atoms with E-state index in [9.17, 15) is 18.0 Å². The maximum Gasteiger partial charge on any atom is 0.418 e. The van der Waals surface area contributed by atoms with Crippen molar-refractivity contribution in [3.8, 4) is 5.75 Å². The van der Waals surface area contributed by atoms with Crippen molar-refractivity contribution in [2.24, 2.45) is 0 Å². The summed E-state index contributed by atoms with van der Waals surface area (Å²) in [7, 11) is 5.28. The van der Waals surface area contributed by atoms with E-state index >= 15 is 0 Å². The van der Waals surface area contributed by atoms with Crippen LogP contribution < -0.4 is 20.3 Å². The lowest BCUT2D eigenvalue weighted by Gasteiger charge is -2.30. The fourth-order valence-electron chi connectivity index (χ4n) is 3.70. The number of anilines is 2. The van der Waals surface area contributed by atoms with Gasteiger partial charge in [0.2, 0.25) is 0 Å². The first-order chi connectivity index (χ1) is 15.7. The van der Waals surface area contributed by atoms with Gasteiger partial charge in [-0.1, -0.05) is 12.1 Å². The molecule has 7 nitrogen and oxygen atoms in total. The van der Waals surface area contributed by atoms with E-state index in [1.807, 2.05) is 48.2 Å². The van der Waals surface area contributed by atoms with Gasteiger partial charge < -0.3 is 29.9 Å². The maximum absolute atomic E-state index is 13.7. The molecule has 1 aliphatic heterocycles. The lowest BCUT2D eigenvalue weighted by atomic mass is 10.1. The van der Waals surface area contributed by atoms with Crippen molar-refractivity contribution in [1.29, 1.82) is 0 Å². The number of amides is 2. The van der Waals surface area contributed by atoms with E-state index in [1.54, 1.807) is 13.2 Å². The van der Waals surface area contributed by atoms with Crippen LogP contribution in [-0.2, 0) is 10.9 Å². The molecule has 1 aliphatic rings. The second kappa shape index (κ2) is 10.8. The molecule has 33 heavy (non-hydrogen) atoms. The fraction of sp³-hybridized carbons (Fsp3) is 0.435. The van der Waals surface area contributed by atoms with Crippen LogP contribution in [0.15, 0.2) is 42.5 Å². The van der Waals surface area contributed by atoms with E-state index in [0.29, 0.717) is 37.7 Å². The second-order valence-corrected chi connectivity index (χ2v) is 7.92. The summed E-state index contributed by atoms with van der Waals surface area (Å²) in [6, 6.07) is 10.4. The van der Waals surface area contributed by atoms with Gasteiger partial charge in [-0.3, -0.25) is 0 Å². The molecule has 10 heteroatoms. The van der Waals surface area contributed by atoms with Crippen molar-refractivity contribution in [2.45, 2.75) is 12.2 Å². The number of hydrogen-bond donors (Lipinski definition) is 2. The third kappa shape index (κ3) is 6.52. The number of alkyl halides is 3. The van der Waals surface area contributed by atoms with Crippen molar-refractivity contribution in [3.63, 3.8) is 0 Å². The zero-order chi connectivity index (χ0) is 24.0. The van der Waals surface area contributed by atoms with Gasteiger partial charge >= 0.3 is 12.2 Å². The molecule has 2 N–H and O–H groups in total. The number of morpholine rings is 1. The zero-order valence-electron chi connectivity index (χ0n) is 18.9. The highest BCUT2D eigenvalue weighted by Crippen LogP contribution is 2.37. The largest absolute Gasteiger partial charge is 0.497 e. The van der Waals surface area contributed by atoms with Crippen LogP contribution in [0.4, 0.5) is 29.3 Å². The van der Waals surface area contributed by atoms with Crippen LogP contribution in [0.2, 0.25) is 0 Å². The van der Waals surface area contributed by atoms with Crippen LogP contribution in [0.25, 0.3) is 0 Å². The highest BCUT2D eigenvalue weighted by Gasteiger charge is 2.35. The fourth-order valence-corrected chi connectivity index (χ4v) is 3.70. The highest BCUT2D eigenvalue weighted by atomic mass is 19.4. The molecule has 0 radical (unpaired) electrons. The predicted molar refractivity (Wildman–Crippen MR) is 121 cm³/mol. The zero-order valence-corrected chi connectivity index (χ0v) is 18.9. The van der Waals surface area contributed by atoms with E-state index in [2.05, 4.69) is 10.6 Å². The molecule has 0 aliphatic carbocycles. The number of nitrogens with one attached hydrogen (secondary N) is 2. The highest BCUT2D eigenvalue weighted by molar-refractivity contribution is 5.90. The standard InChI is InChI=1S/C23H29F3N4O3/c1-29(2)21(16-5-4-6-18(13-16)32-3)15-27-22(31)28-20-8-7-17(14-19(20)23(24,25)26)30-9-11-33-12-10-30/h4-8,13-14,21H,9-12,15H2,1-3H3,(H2,27,28,31). The SMILES string of the molecule is COc1cccc(C(CNC(=O)Nc2ccc(N3CCOCC3)cc2C(F)(F)F)N(C)C)c1. The molecular weight excluding hydrogens is 437 g/mol. The number of carbonyl (C=O) groups excluding carboxylic acids is 1. The Morgan fingerprint density at radius 2 is 1.91 bits per heavy atom. The molecule has 0 spiro atoms. The van der Waals surface area contributed by atoms with Crippen LogP contribution >= 0.6 is 0 Å². The molecular formula is C23H29F3N4O3. The van der Waals surface area contributed by atoms with Gasteiger partial charge in [-0.05, 0) is 50.0 Å². The summed E-state index contributed by atoms with van der Waals surface area (Å²) in [6.07, 6.45) is -4.61. The average Bonchev–Trinajstić information content (AvgIpc) is 2.79. The summed E-state index contributed by atoms with van der Waals surface area (Å²) in [5.74, 6) is 0.680. The number of rotatable bonds is 7. The smallest absolute Gasteiger partial charge is 0.418 e. The van der Waals surface area contributed by atoms with Crippen molar-refractivity contribution in [2.75, 3.05) is 64.3 Å². The Bertz CT molecular complexity index is 947. The number of hydrogen-bond acceptors (Lipinski definition) is 5. The van der Waals surface area contributed by atoms with Gasteiger partial charge in [0.05, 0.1) is 37.6 Å². The Morgan fingerprint density at radius 1 is 1.18 bits per heavy atom. The van der Waals surface area contributed by atoms with Crippen LogP contribution in [0.1, 0.15) is 17.2 Å². The number of nitrogens with zero attached hydrogens (tertiary/aromatic N) is 2. The number of benzene rings is 2. The number of likely N-dealkylation sites (N-methyl/N-ethyl adjacent to an activating group) is 1. The number of urea groups is 1. The van der Waals surface area contributed by atoms with E-state index < -0.39 is 17.8 Å². The monoisotopic (exact) mass is 466 g/mol. The van der Waals surface area contributed by atoms with Gasteiger partial charge in [0.25, 0.3) is 0 Å². The Hall–Kier alpha value is -2.98. The van der Waals surface area contributed by atoms with Gasteiger partial charge in [0, 0.05) is 25.3 Å². The summed E-state index contributed by atoms with van der Waals surface area (Å²) in [6.45, 7) is 2.15. The van der Waals surface area contributed by atoms with Crippen molar-refractivity contribution >= 4 is 17.4 Å². The molecule has 2 aromatic rings. The van der Waals surface area contributed by atoms with Gasteiger partial charge in [0.15, 0.2) is 0 Å². The molecule has 1 saturated heterocycles. The number of carbonyl (C=O) groups is 1. The van der Waals surface area contributed by atoms with Crippen LogP contribution in [0.3, 0.4) is 0 Å². The first-order valence-electron chi connectivity index (χ1n) is 10.6. The van der Waals surface area contributed by atoms with Crippen molar-refractivity contribution in [3.05, 3.63) is 53.6 Å². The average molecular weight is 467 g/mol. The van der Waals surface area contributed by atoms with Crippen LogP contribution in [0.5, 0.6) is 5.75 Å². The van der Waals surface area contributed by atoms with Crippen LogP contribution in [-0.4, -0.2) is 65.0 Å². The quantitative estimate of drug-likeness (QED) is 0.647. The Balaban J connectivity index is 1.71. The summed E-state index contributed by atoms with van der Waals surface area (Å²) in [4.78, 5) is 16.2. The predicted octanol–water partition coefficient (Wildman–Crippen LogP) is 3.98. The molecule has 0 bridgehead atoms. The first kappa shape index (κ1) is 24.7. The van der Waals surface area contributed by atoms with Crippen LogP contribution in [0, 0.1) is 0 Å². The van der Waals surface area contributed by atoms with Gasteiger partial charge in [-0.2, -0.15) is 13.2 Å². The second-order valence-electron chi connectivity index (χ2n) is 7.92. The van der Waals surface area contributed by atoms with Gasteiger partial charge in [-0.15, -0.1) is 0 Å². The van der Waals surface area contributed by atoms with Gasteiger partial charge in [-0.25, -0.2) is 4.79 Å². The molecule has 1 unspecified atom stereocenters. The molecule has 1 heterocycles. The summed E-state index contributed by atoms with van der Waals surface area (Å²) in [5, 5.41) is 5.04. The summed E-state index contributed by atoms with van der Waals surface area (Å²) in [5.41, 5.74) is 0.172. The molecule has 1 fully saturated rings. The lowest BCUT2D eigenvalue weighted by Crippen LogP contribution is -2.37. The van der Waals surface area contributed by atoms with E-state index in [1.165, 1.54) is 6.07 Å². The number of methoxy groups -OCH3 is 1. The summed E-state index contributed by atoms with van der Waals surface area (Å²) >= 11 is 0. The molecule has 3 rings (SSSR count). The minimum Gasteiger partial charge on any atom is -0.497 e. The van der Waals surface area contributed by atoms with Gasteiger partial charge in [0.1, 0.15) is 5.75 Å². The van der Waals surface area contributed by atoms with Crippen molar-refractivity contribution in [1.82, 2.24) is 10.2 Å². The molecule has 180 valence electrons. The number of ether oxygens (including phenoxy) is 2. The molecule has 2 aromatic carbocycles. The minimum atomic E-state index is -4.61. The Labute approximate surface area is 191 Å².